The Morgan fingerprint density at radius 1 is 0.885 bits per heavy atom. The largest absolute Gasteiger partial charge is 0.367 e. The maximum atomic E-state index is 15.5. The number of fused-ring (bicyclic) bond motifs is 2. The SMILES string of the molecule is [C-]#[N+]c1ccc(N2C[C@@H](C)N(C(=O)Cc3cnc(N4CCC(CN5CCN(c6cc7c(cc6F)C(=O)N([C@H]6CCC(=O)NC6=O)C7)CC5)CC4)nc3)C[C@@H]2C)c2cccnc12. The van der Waals surface area contributed by atoms with Crippen molar-refractivity contribution in [3.63, 3.8) is 0 Å². The summed E-state index contributed by atoms with van der Waals surface area (Å²) in [4.78, 5) is 80.8. The number of hydrogen-bond donors (Lipinski definition) is 1. The number of piperazine rings is 2. The van der Waals surface area contributed by atoms with Gasteiger partial charge >= 0.3 is 0 Å². The van der Waals surface area contributed by atoms with Crippen molar-refractivity contribution in [1.82, 2.24) is 35.0 Å². The third kappa shape index (κ3) is 7.94. The monoisotopic (exact) mass is 827 g/mol. The van der Waals surface area contributed by atoms with Crippen LogP contribution in [-0.2, 0) is 27.3 Å². The number of hydrogen-bond acceptors (Lipinski definition) is 11. The Kier molecular flexibility index (Phi) is 11.0. The first-order chi connectivity index (χ1) is 29.5. The maximum absolute atomic E-state index is 15.5. The maximum Gasteiger partial charge on any atom is 0.255 e. The zero-order valence-corrected chi connectivity index (χ0v) is 34.6. The van der Waals surface area contributed by atoms with Crippen molar-refractivity contribution >= 4 is 57.5 Å². The van der Waals surface area contributed by atoms with Gasteiger partial charge in [-0.2, -0.15) is 0 Å². The lowest BCUT2D eigenvalue weighted by Crippen LogP contribution is -2.58. The number of carbonyl (C=O) groups excluding carboxylic acids is 4. The third-order valence-corrected chi connectivity index (χ3v) is 13.2. The number of halogens is 1. The molecule has 7 heterocycles. The molecule has 5 aliphatic heterocycles. The predicted molar refractivity (Wildman–Crippen MR) is 228 cm³/mol. The van der Waals surface area contributed by atoms with E-state index in [0.29, 0.717) is 60.5 Å². The van der Waals surface area contributed by atoms with Gasteiger partial charge in [0, 0.05) is 119 Å². The average molecular weight is 828 g/mol. The summed E-state index contributed by atoms with van der Waals surface area (Å²) in [5, 5.41) is 3.26. The summed E-state index contributed by atoms with van der Waals surface area (Å²) < 4.78 is 15.5. The molecule has 0 spiro atoms. The molecule has 0 unspecified atom stereocenters. The number of aromatic nitrogens is 3. The van der Waals surface area contributed by atoms with Crippen molar-refractivity contribution in [3.05, 3.63) is 88.9 Å². The molecule has 316 valence electrons. The Balaban J connectivity index is 0.729. The van der Waals surface area contributed by atoms with E-state index in [1.807, 2.05) is 34.1 Å². The smallest absolute Gasteiger partial charge is 0.255 e. The van der Waals surface area contributed by atoms with E-state index in [2.05, 4.69) is 53.7 Å². The highest BCUT2D eigenvalue weighted by Crippen LogP contribution is 2.36. The van der Waals surface area contributed by atoms with Crippen LogP contribution in [0.25, 0.3) is 15.7 Å². The zero-order valence-electron chi connectivity index (χ0n) is 34.6. The molecule has 0 saturated carbocycles. The number of anilines is 3. The molecule has 4 aromatic rings. The predicted octanol–water partition coefficient (Wildman–Crippen LogP) is 4.18. The number of amides is 4. The van der Waals surface area contributed by atoms with Crippen LogP contribution in [0.4, 0.5) is 27.4 Å². The summed E-state index contributed by atoms with van der Waals surface area (Å²) in [6.07, 6.45) is 7.99. The second-order valence-electron chi connectivity index (χ2n) is 17.2. The van der Waals surface area contributed by atoms with Gasteiger partial charge in [0.15, 0.2) is 0 Å². The number of imide groups is 1. The van der Waals surface area contributed by atoms with Crippen LogP contribution in [0.1, 0.15) is 61.0 Å². The number of rotatable bonds is 8. The van der Waals surface area contributed by atoms with Gasteiger partial charge in [0.25, 0.3) is 5.91 Å². The highest BCUT2D eigenvalue weighted by Gasteiger charge is 2.40. The molecule has 3 atom stereocenters. The van der Waals surface area contributed by atoms with Gasteiger partial charge in [0.05, 0.1) is 24.2 Å². The molecule has 4 amide bonds. The minimum atomic E-state index is -0.730. The highest BCUT2D eigenvalue weighted by molar-refractivity contribution is 6.05. The molecule has 5 aliphatic rings. The number of benzene rings is 2. The number of carbonyl (C=O) groups is 4. The summed E-state index contributed by atoms with van der Waals surface area (Å²) in [6, 6.07) is 10.1. The molecular formula is C45H50FN11O4. The van der Waals surface area contributed by atoms with Crippen molar-refractivity contribution in [2.45, 2.75) is 70.6 Å². The topological polar surface area (TPSA) is 143 Å². The van der Waals surface area contributed by atoms with Gasteiger partial charge in [-0.3, -0.25) is 34.4 Å². The second kappa shape index (κ2) is 16.7. The van der Waals surface area contributed by atoms with Crippen LogP contribution < -0.4 is 20.0 Å². The van der Waals surface area contributed by atoms with E-state index in [1.165, 1.54) is 11.0 Å². The Labute approximate surface area is 354 Å². The third-order valence-electron chi connectivity index (χ3n) is 13.2. The zero-order chi connectivity index (χ0) is 42.4. The molecule has 15 nitrogen and oxygen atoms in total. The fraction of sp³-hybridized carbons (Fsp3) is 0.467. The van der Waals surface area contributed by atoms with E-state index in [4.69, 9.17) is 6.57 Å². The lowest BCUT2D eigenvalue weighted by molar-refractivity contribution is -0.137. The number of nitrogens with zero attached hydrogens (tertiary/aromatic N) is 10. The van der Waals surface area contributed by atoms with Crippen molar-refractivity contribution in [2.75, 3.05) is 73.6 Å². The van der Waals surface area contributed by atoms with Crippen molar-refractivity contribution in [2.24, 2.45) is 5.92 Å². The van der Waals surface area contributed by atoms with Gasteiger partial charge in [-0.25, -0.2) is 19.2 Å². The Morgan fingerprint density at radius 2 is 1.66 bits per heavy atom. The van der Waals surface area contributed by atoms with E-state index in [9.17, 15) is 19.2 Å². The molecule has 0 bridgehead atoms. The molecule has 16 heteroatoms. The summed E-state index contributed by atoms with van der Waals surface area (Å²) in [5.41, 5.74) is 4.53. The lowest BCUT2D eigenvalue weighted by Gasteiger charge is -2.45. The number of pyridine rings is 1. The van der Waals surface area contributed by atoms with Gasteiger partial charge in [0.1, 0.15) is 11.9 Å². The van der Waals surface area contributed by atoms with Crippen molar-refractivity contribution in [3.8, 4) is 0 Å². The van der Waals surface area contributed by atoms with Crippen molar-refractivity contribution < 1.29 is 23.6 Å². The van der Waals surface area contributed by atoms with Gasteiger partial charge in [-0.05, 0) is 74.4 Å². The van der Waals surface area contributed by atoms with Gasteiger partial charge in [-0.1, -0.05) is 12.1 Å². The van der Waals surface area contributed by atoms with Crippen LogP contribution >= 0.6 is 0 Å². The summed E-state index contributed by atoms with van der Waals surface area (Å²) >= 11 is 0. The summed E-state index contributed by atoms with van der Waals surface area (Å²) in [6.45, 7) is 18.9. The van der Waals surface area contributed by atoms with E-state index in [1.54, 1.807) is 24.7 Å². The van der Waals surface area contributed by atoms with Crippen LogP contribution in [-0.4, -0.2) is 130 Å². The molecule has 1 N–H and O–H groups in total. The van der Waals surface area contributed by atoms with E-state index in [-0.39, 0.29) is 61.2 Å². The summed E-state index contributed by atoms with van der Waals surface area (Å²) in [5.74, 6) is -0.361. The molecule has 4 fully saturated rings. The molecular weight excluding hydrogens is 778 g/mol. The fourth-order valence-electron chi connectivity index (χ4n) is 9.84. The minimum absolute atomic E-state index is 0.0104. The van der Waals surface area contributed by atoms with Crippen LogP contribution in [0, 0.1) is 18.3 Å². The van der Waals surface area contributed by atoms with Gasteiger partial charge < -0.3 is 24.5 Å². The molecule has 0 radical (unpaired) electrons. The standard InChI is InChI=1S/C45H50FN11O4/c1-28-25-56(29(2)24-55(28)37-7-6-36(47-3)42-33(37)5-4-12-48-42)41(59)19-31-22-49-45(50-23-31)54-13-10-30(11-14-54)26-52-15-17-53(18-16-52)39-20-32-27-57(44(61)34(32)21-35(39)46)38-8-9-40(58)51-43(38)60/h4-7,12,20-23,28-30,38H,8-11,13-19,24-27H2,1-2H3,(H,51,58,60)/t28-,29+,38-/m0/s1. The van der Waals surface area contributed by atoms with Crippen LogP contribution in [0.15, 0.2) is 55.0 Å². The van der Waals surface area contributed by atoms with E-state index in [0.717, 1.165) is 62.2 Å². The fourth-order valence-corrected chi connectivity index (χ4v) is 9.84. The van der Waals surface area contributed by atoms with Crippen molar-refractivity contribution in [1.29, 1.82) is 0 Å². The molecule has 2 aromatic heterocycles. The molecule has 61 heavy (non-hydrogen) atoms. The van der Waals surface area contributed by atoms with Gasteiger partial charge in [0.2, 0.25) is 29.4 Å². The average Bonchev–Trinajstić information content (AvgIpc) is 3.58. The first-order valence-corrected chi connectivity index (χ1v) is 21.4. The molecule has 0 aliphatic carbocycles. The van der Waals surface area contributed by atoms with Crippen LogP contribution in [0.3, 0.4) is 0 Å². The Morgan fingerprint density at radius 3 is 2.39 bits per heavy atom. The van der Waals surface area contributed by atoms with E-state index >= 15 is 4.39 Å². The second-order valence-corrected chi connectivity index (χ2v) is 17.2. The first-order valence-electron chi connectivity index (χ1n) is 21.4. The quantitative estimate of drug-likeness (QED) is 0.202. The Hall–Kier alpha value is -6.21. The highest BCUT2D eigenvalue weighted by atomic mass is 19.1. The minimum Gasteiger partial charge on any atom is -0.367 e. The van der Waals surface area contributed by atoms with Gasteiger partial charge in [-0.15, -0.1) is 0 Å². The van der Waals surface area contributed by atoms with Crippen LogP contribution in [0.2, 0.25) is 0 Å². The normalized spacial score (nSPS) is 22.8. The first kappa shape index (κ1) is 40.2. The van der Waals surface area contributed by atoms with Crippen LogP contribution in [0.5, 0.6) is 0 Å². The molecule has 2 aromatic carbocycles. The Bertz CT molecular complexity index is 2410. The summed E-state index contributed by atoms with van der Waals surface area (Å²) in [7, 11) is 0. The van der Waals surface area contributed by atoms with E-state index < -0.39 is 17.8 Å². The number of nitrogens with one attached hydrogen (secondary N) is 1. The molecule has 4 saturated heterocycles. The molecule has 9 rings (SSSR count). The number of piperidine rings is 2. The lowest BCUT2D eigenvalue weighted by atomic mass is 9.96.